The van der Waals surface area contributed by atoms with Crippen molar-refractivity contribution in [2.75, 3.05) is 19.8 Å². The summed E-state index contributed by atoms with van der Waals surface area (Å²) in [6.07, 6.45) is 1.83. The van der Waals surface area contributed by atoms with Crippen molar-refractivity contribution in [2.45, 2.75) is 46.5 Å². The summed E-state index contributed by atoms with van der Waals surface area (Å²) in [7, 11) is 0. The van der Waals surface area contributed by atoms with Crippen molar-refractivity contribution in [3.63, 3.8) is 0 Å². The lowest BCUT2D eigenvalue weighted by Crippen LogP contribution is -2.40. The molecule has 0 aromatic heterocycles. The Morgan fingerprint density at radius 3 is 1.91 bits per heavy atom. The molecule has 0 aliphatic heterocycles. The number of aliphatic hydroxyl groups excluding tert-OH is 1. The fourth-order valence-electron chi connectivity index (χ4n) is 3.31. The number of hydrogen-bond donors (Lipinski definition) is 1. The fraction of sp³-hybridized carbons (Fsp3) is 0.429. The van der Waals surface area contributed by atoms with E-state index in [4.69, 9.17) is 14.2 Å². The molecule has 184 valence electrons. The van der Waals surface area contributed by atoms with Crippen molar-refractivity contribution in [3.05, 3.63) is 83.9 Å². The molecule has 2 rings (SSSR count). The van der Waals surface area contributed by atoms with Crippen LogP contribution >= 0.6 is 0 Å². The van der Waals surface area contributed by atoms with Crippen LogP contribution in [0.25, 0.3) is 0 Å². The second kappa shape index (κ2) is 14.5. The molecule has 0 saturated heterocycles. The summed E-state index contributed by atoms with van der Waals surface area (Å²) < 4.78 is 16.7. The number of esters is 1. The van der Waals surface area contributed by atoms with E-state index in [1.807, 2.05) is 60.7 Å². The Morgan fingerprint density at radius 1 is 0.941 bits per heavy atom. The van der Waals surface area contributed by atoms with E-state index in [-0.39, 0.29) is 32.0 Å². The van der Waals surface area contributed by atoms with Gasteiger partial charge in [0.2, 0.25) is 0 Å². The lowest BCUT2D eigenvalue weighted by atomic mass is 9.83. The van der Waals surface area contributed by atoms with E-state index in [9.17, 15) is 14.7 Å². The number of carbonyl (C=O) groups excluding carboxylic acids is 2. The molecule has 2 aromatic rings. The van der Waals surface area contributed by atoms with E-state index < -0.39 is 23.4 Å². The molecule has 0 heterocycles. The number of hydrogen-bond acceptors (Lipinski definition) is 6. The summed E-state index contributed by atoms with van der Waals surface area (Å²) in [6.45, 7) is 6.64. The minimum Gasteiger partial charge on any atom is -0.463 e. The molecule has 2 atom stereocenters. The average Bonchev–Trinajstić information content (AvgIpc) is 2.84. The zero-order valence-electron chi connectivity index (χ0n) is 20.3. The predicted molar refractivity (Wildman–Crippen MR) is 131 cm³/mol. The third kappa shape index (κ3) is 9.59. The maximum atomic E-state index is 13.3. The van der Waals surface area contributed by atoms with Crippen LogP contribution in [0.1, 0.15) is 38.3 Å². The van der Waals surface area contributed by atoms with Gasteiger partial charge in [-0.1, -0.05) is 73.7 Å². The van der Waals surface area contributed by atoms with Gasteiger partial charge in [0.25, 0.3) is 0 Å². The van der Waals surface area contributed by atoms with E-state index in [0.717, 1.165) is 11.1 Å². The highest BCUT2D eigenvalue weighted by molar-refractivity contribution is 5.85. The Morgan fingerprint density at radius 2 is 1.44 bits per heavy atom. The molecule has 0 amide bonds. The van der Waals surface area contributed by atoms with Crippen molar-refractivity contribution >= 4 is 11.8 Å². The second-order valence-electron chi connectivity index (χ2n) is 8.68. The van der Waals surface area contributed by atoms with Crippen LogP contribution in [0, 0.1) is 11.3 Å². The molecular weight excluding hydrogens is 432 g/mol. The van der Waals surface area contributed by atoms with Gasteiger partial charge in [0.15, 0.2) is 0 Å². The molecule has 0 bridgehead atoms. The first-order chi connectivity index (χ1) is 16.3. The highest BCUT2D eigenvalue weighted by atomic mass is 16.5. The number of benzene rings is 2. The molecule has 0 fully saturated rings. The van der Waals surface area contributed by atoms with Crippen molar-refractivity contribution in [2.24, 2.45) is 11.3 Å². The van der Waals surface area contributed by atoms with Gasteiger partial charge in [-0.3, -0.25) is 4.79 Å². The Bertz CT molecular complexity index is 848. The SMILES string of the molecule is CCOC(=O)/C=C/[C@H](C)[C@H](O)CC(=O)C(C)(COCc1ccccc1)COCc1ccccc1. The third-order valence-corrected chi connectivity index (χ3v) is 5.56. The van der Waals surface area contributed by atoms with Crippen LogP contribution in [0.5, 0.6) is 0 Å². The summed E-state index contributed by atoms with van der Waals surface area (Å²) >= 11 is 0. The molecule has 0 saturated carbocycles. The average molecular weight is 469 g/mol. The maximum absolute atomic E-state index is 13.3. The molecule has 0 aliphatic carbocycles. The molecule has 6 nitrogen and oxygen atoms in total. The van der Waals surface area contributed by atoms with Gasteiger partial charge in [0.1, 0.15) is 5.78 Å². The lowest BCUT2D eigenvalue weighted by molar-refractivity contribution is -0.139. The molecule has 0 aliphatic rings. The predicted octanol–water partition coefficient (Wildman–Crippen LogP) is 4.50. The zero-order chi connectivity index (χ0) is 24.8. The largest absolute Gasteiger partial charge is 0.463 e. The van der Waals surface area contributed by atoms with E-state index >= 15 is 0 Å². The van der Waals surface area contributed by atoms with E-state index in [1.165, 1.54) is 6.08 Å². The van der Waals surface area contributed by atoms with Crippen LogP contribution in [0.3, 0.4) is 0 Å². The van der Waals surface area contributed by atoms with Crippen molar-refractivity contribution < 1.29 is 28.9 Å². The van der Waals surface area contributed by atoms with Crippen molar-refractivity contribution in [3.8, 4) is 0 Å². The summed E-state index contributed by atoms with van der Waals surface area (Å²) in [4.78, 5) is 24.8. The number of carbonyl (C=O) groups is 2. The smallest absolute Gasteiger partial charge is 0.330 e. The molecule has 2 aromatic carbocycles. The Labute approximate surface area is 202 Å². The minimum absolute atomic E-state index is 0.0752. The summed E-state index contributed by atoms with van der Waals surface area (Å²) in [5, 5.41) is 10.6. The lowest BCUT2D eigenvalue weighted by Gasteiger charge is -2.29. The van der Waals surface area contributed by atoms with E-state index in [1.54, 1.807) is 26.8 Å². The summed E-state index contributed by atoms with van der Waals surface area (Å²) in [6, 6.07) is 19.5. The number of ether oxygens (including phenoxy) is 3. The van der Waals surface area contributed by atoms with E-state index in [2.05, 4.69) is 0 Å². The first-order valence-electron chi connectivity index (χ1n) is 11.6. The molecule has 34 heavy (non-hydrogen) atoms. The van der Waals surface area contributed by atoms with E-state index in [0.29, 0.717) is 13.2 Å². The monoisotopic (exact) mass is 468 g/mol. The number of rotatable bonds is 15. The van der Waals surface area contributed by atoms with Crippen LogP contribution in [-0.2, 0) is 37.0 Å². The van der Waals surface area contributed by atoms with Gasteiger partial charge in [0.05, 0.1) is 44.6 Å². The van der Waals surface area contributed by atoms with Gasteiger partial charge in [-0.2, -0.15) is 0 Å². The molecule has 0 radical (unpaired) electrons. The third-order valence-electron chi connectivity index (χ3n) is 5.56. The zero-order valence-corrected chi connectivity index (χ0v) is 20.3. The quantitative estimate of drug-likeness (QED) is 0.306. The fourth-order valence-corrected chi connectivity index (χ4v) is 3.31. The van der Waals surface area contributed by atoms with Crippen molar-refractivity contribution in [1.82, 2.24) is 0 Å². The minimum atomic E-state index is -0.944. The molecular formula is C28H36O6. The molecule has 6 heteroatoms. The van der Waals surface area contributed by atoms with Crippen LogP contribution in [0.15, 0.2) is 72.8 Å². The normalized spacial score (nSPS) is 13.5. The van der Waals surface area contributed by atoms with Crippen LogP contribution in [-0.4, -0.2) is 42.8 Å². The number of ketones is 1. The Hall–Kier alpha value is -2.80. The Balaban J connectivity index is 2.00. The Kier molecular flexibility index (Phi) is 11.7. The first-order valence-corrected chi connectivity index (χ1v) is 11.6. The highest BCUT2D eigenvalue weighted by Crippen LogP contribution is 2.25. The van der Waals surface area contributed by atoms with Crippen molar-refractivity contribution in [1.29, 1.82) is 0 Å². The van der Waals surface area contributed by atoms with Crippen LogP contribution in [0.2, 0.25) is 0 Å². The maximum Gasteiger partial charge on any atom is 0.330 e. The molecule has 1 N–H and O–H groups in total. The summed E-state index contributed by atoms with van der Waals surface area (Å²) in [5.74, 6) is -1.02. The van der Waals surface area contributed by atoms with Gasteiger partial charge < -0.3 is 19.3 Å². The number of Topliss-reactive ketones (excluding diaryl/α,β-unsaturated/α-hetero) is 1. The topological polar surface area (TPSA) is 82.1 Å². The van der Waals surface area contributed by atoms with Crippen LogP contribution in [0.4, 0.5) is 0 Å². The number of aliphatic hydroxyl groups is 1. The summed E-state index contributed by atoms with van der Waals surface area (Å²) in [5.41, 5.74) is 1.09. The second-order valence-corrected chi connectivity index (χ2v) is 8.68. The van der Waals surface area contributed by atoms with Gasteiger partial charge in [0, 0.05) is 18.4 Å². The van der Waals surface area contributed by atoms with Gasteiger partial charge in [-0.25, -0.2) is 4.79 Å². The van der Waals surface area contributed by atoms with Gasteiger partial charge >= 0.3 is 5.97 Å². The standard InChI is InChI=1S/C28H36O6/c1-4-34-27(31)16-15-22(2)25(29)17-26(30)28(3,20-32-18-23-11-7-5-8-12-23)21-33-19-24-13-9-6-10-14-24/h5-16,22,25,29H,4,17-21H2,1-3H3/b16-15+/t22-,25+/m0/s1. The molecule has 0 unspecified atom stereocenters. The molecule has 0 spiro atoms. The first kappa shape index (κ1) is 27.4. The highest BCUT2D eigenvalue weighted by Gasteiger charge is 2.35. The van der Waals surface area contributed by atoms with Gasteiger partial charge in [-0.15, -0.1) is 0 Å². The van der Waals surface area contributed by atoms with Crippen LogP contribution < -0.4 is 0 Å². The van der Waals surface area contributed by atoms with Gasteiger partial charge in [-0.05, 0) is 25.0 Å².